The molecule has 1 fully saturated rings. The van der Waals surface area contributed by atoms with Crippen molar-refractivity contribution in [3.05, 3.63) is 47.5 Å². The number of halogens is 2. The third-order valence-corrected chi connectivity index (χ3v) is 4.41. The number of aromatic amines is 1. The molecule has 8 heteroatoms. The number of benzene rings is 1. The summed E-state index contributed by atoms with van der Waals surface area (Å²) in [6, 6.07) is 3.40. The van der Waals surface area contributed by atoms with E-state index in [1.165, 1.54) is 18.3 Å². The van der Waals surface area contributed by atoms with Gasteiger partial charge in [-0.15, -0.1) is 0 Å². The Morgan fingerprint density at radius 3 is 2.31 bits per heavy atom. The first-order valence-corrected chi connectivity index (χ1v) is 8.46. The Balaban J connectivity index is 1.49. The van der Waals surface area contributed by atoms with E-state index in [2.05, 4.69) is 9.97 Å². The molecule has 6 nitrogen and oxygen atoms in total. The summed E-state index contributed by atoms with van der Waals surface area (Å²) in [7, 11) is 0. The largest absolute Gasteiger partial charge is 0.368 e. The summed E-state index contributed by atoms with van der Waals surface area (Å²) in [6.07, 6.45) is 1.72. The van der Waals surface area contributed by atoms with Gasteiger partial charge in [0.1, 0.15) is 23.2 Å². The highest BCUT2D eigenvalue weighted by molar-refractivity contribution is 5.96. The lowest BCUT2D eigenvalue weighted by atomic mass is 10.1. The second-order valence-electron chi connectivity index (χ2n) is 6.30. The van der Waals surface area contributed by atoms with Gasteiger partial charge >= 0.3 is 0 Å². The zero-order chi connectivity index (χ0) is 18.7. The Bertz CT molecular complexity index is 793. The van der Waals surface area contributed by atoms with Crippen LogP contribution in [0.25, 0.3) is 0 Å². The molecule has 2 heterocycles. The quantitative estimate of drug-likeness (QED) is 0.829. The highest BCUT2D eigenvalue weighted by atomic mass is 19.1. The number of piperazine rings is 1. The zero-order valence-electron chi connectivity index (χ0n) is 14.5. The summed E-state index contributed by atoms with van der Waals surface area (Å²) < 4.78 is 26.7. The third-order valence-electron chi connectivity index (χ3n) is 4.41. The number of imidazole rings is 1. The van der Waals surface area contributed by atoms with E-state index in [9.17, 15) is 18.4 Å². The second-order valence-corrected chi connectivity index (χ2v) is 6.30. The third kappa shape index (κ3) is 4.25. The smallest absolute Gasteiger partial charge is 0.223 e. The van der Waals surface area contributed by atoms with Crippen LogP contribution in [0, 0.1) is 18.6 Å². The van der Waals surface area contributed by atoms with E-state index in [0.29, 0.717) is 43.4 Å². The number of H-pyrrole nitrogens is 1. The fourth-order valence-corrected chi connectivity index (χ4v) is 3.01. The summed E-state index contributed by atoms with van der Waals surface area (Å²) in [5.41, 5.74) is 0.882. The first-order valence-electron chi connectivity index (χ1n) is 8.46. The molecule has 3 rings (SSSR count). The van der Waals surface area contributed by atoms with Gasteiger partial charge in [-0.3, -0.25) is 9.59 Å². The fourth-order valence-electron chi connectivity index (χ4n) is 3.01. The van der Waals surface area contributed by atoms with Crippen LogP contribution in [0.1, 0.15) is 29.2 Å². The summed E-state index contributed by atoms with van der Waals surface area (Å²) in [5, 5.41) is 0. The lowest BCUT2D eigenvalue weighted by molar-refractivity contribution is -0.131. The Kier molecular flexibility index (Phi) is 5.29. The number of nitrogens with one attached hydrogen (secondary N) is 1. The van der Waals surface area contributed by atoms with Crippen LogP contribution >= 0.6 is 0 Å². The predicted molar refractivity (Wildman–Crippen MR) is 92.0 cm³/mol. The Morgan fingerprint density at radius 2 is 1.73 bits per heavy atom. The minimum absolute atomic E-state index is 0.0975. The molecule has 0 unspecified atom stereocenters. The molecule has 26 heavy (non-hydrogen) atoms. The van der Waals surface area contributed by atoms with Crippen LogP contribution in [0.3, 0.4) is 0 Å². The molecule has 0 spiro atoms. The van der Waals surface area contributed by atoms with Crippen LogP contribution in [0.5, 0.6) is 0 Å². The van der Waals surface area contributed by atoms with Gasteiger partial charge in [-0.25, -0.2) is 13.8 Å². The first-order chi connectivity index (χ1) is 12.4. The number of aromatic nitrogens is 2. The highest BCUT2D eigenvalue weighted by Crippen LogP contribution is 2.20. The maximum absolute atomic E-state index is 13.3. The maximum atomic E-state index is 13.3. The predicted octanol–water partition coefficient (Wildman–Crippen LogP) is 2.31. The van der Waals surface area contributed by atoms with E-state index in [4.69, 9.17) is 0 Å². The lowest BCUT2D eigenvalue weighted by Gasteiger charge is -2.36. The number of nitrogens with zero attached hydrogens (tertiary/aromatic N) is 3. The topological polar surface area (TPSA) is 69.3 Å². The van der Waals surface area contributed by atoms with Gasteiger partial charge in [0.05, 0.1) is 6.20 Å². The molecule has 1 aliphatic rings. The summed E-state index contributed by atoms with van der Waals surface area (Å²) >= 11 is 0. The van der Waals surface area contributed by atoms with Gasteiger partial charge in [0, 0.05) is 50.8 Å². The molecule has 0 aliphatic carbocycles. The number of amides is 1. The van der Waals surface area contributed by atoms with Crippen molar-refractivity contribution in [2.45, 2.75) is 19.8 Å². The van der Waals surface area contributed by atoms with Crippen LogP contribution in [0.2, 0.25) is 0 Å². The van der Waals surface area contributed by atoms with Crippen LogP contribution in [0.15, 0.2) is 24.4 Å². The minimum atomic E-state index is -0.619. The van der Waals surface area contributed by atoms with Crippen molar-refractivity contribution in [1.82, 2.24) is 14.9 Å². The van der Waals surface area contributed by atoms with Gasteiger partial charge in [-0.05, 0) is 19.1 Å². The van der Waals surface area contributed by atoms with E-state index in [1.807, 2.05) is 4.90 Å². The van der Waals surface area contributed by atoms with E-state index in [1.54, 1.807) is 11.8 Å². The van der Waals surface area contributed by atoms with Crippen molar-refractivity contribution in [3.63, 3.8) is 0 Å². The number of Topliss-reactive ketones (excluding diaryl/α,β-unsaturated/α-hetero) is 1. The Hall–Kier alpha value is -2.77. The van der Waals surface area contributed by atoms with E-state index >= 15 is 0 Å². The minimum Gasteiger partial charge on any atom is -0.368 e. The molecule has 0 saturated carbocycles. The van der Waals surface area contributed by atoms with Gasteiger partial charge in [0.25, 0.3) is 0 Å². The van der Waals surface area contributed by atoms with Crippen molar-refractivity contribution in [3.8, 4) is 0 Å². The summed E-state index contributed by atoms with van der Waals surface area (Å²) in [6.45, 7) is 3.64. The van der Waals surface area contributed by atoms with Crippen LogP contribution < -0.4 is 4.90 Å². The number of rotatable bonds is 5. The molecule has 1 saturated heterocycles. The molecule has 0 bridgehead atoms. The van der Waals surface area contributed by atoms with Crippen LogP contribution in [-0.2, 0) is 4.79 Å². The van der Waals surface area contributed by atoms with Crippen molar-refractivity contribution in [2.24, 2.45) is 0 Å². The van der Waals surface area contributed by atoms with Crippen LogP contribution in [0.4, 0.5) is 14.5 Å². The van der Waals surface area contributed by atoms with E-state index in [0.717, 1.165) is 6.07 Å². The molecule has 138 valence electrons. The molecule has 0 atom stereocenters. The average Bonchev–Trinajstić information content (AvgIpc) is 3.05. The van der Waals surface area contributed by atoms with Gasteiger partial charge in [0.15, 0.2) is 5.78 Å². The Labute approximate surface area is 149 Å². The monoisotopic (exact) mass is 362 g/mol. The molecular formula is C18H20F2N4O2. The van der Waals surface area contributed by atoms with Gasteiger partial charge in [0.2, 0.25) is 5.91 Å². The molecule has 1 aromatic carbocycles. The molecule has 1 N–H and O–H groups in total. The fraction of sp³-hybridized carbons (Fsp3) is 0.389. The highest BCUT2D eigenvalue weighted by Gasteiger charge is 2.22. The van der Waals surface area contributed by atoms with Crippen molar-refractivity contribution < 1.29 is 18.4 Å². The standard InChI is InChI=1S/C18H20F2N4O2/c1-12-21-11-16(22-12)17(25)2-3-18(26)24-6-4-23(5-7-24)15-9-13(19)8-14(20)10-15/h8-11H,2-7H2,1H3,(H,21,22). The molecular weight excluding hydrogens is 342 g/mol. The van der Waals surface area contributed by atoms with Crippen molar-refractivity contribution in [1.29, 1.82) is 0 Å². The maximum Gasteiger partial charge on any atom is 0.223 e. The van der Waals surface area contributed by atoms with Crippen molar-refractivity contribution >= 4 is 17.4 Å². The number of anilines is 1. The Morgan fingerprint density at radius 1 is 1.08 bits per heavy atom. The molecule has 1 aliphatic heterocycles. The number of hydrogen-bond acceptors (Lipinski definition) is 4. The number of hydrogen-bond donors (Lipinski definition) is 1. The van der Waals surface area contributed by atoms with E-state index < -0.39 is 11.6 Å². The van der Waals surface area contributed by atoms with Gasteiger partial charge in [-0.1, -0.05) is 0 Å². The average molecular weight is 362 g/mol. The summed E-state index contributed by atoms with van der Waals surface area (Å²) in [4.78, 5) is 34.7. The molecule has 2 aromatic rings. The zero-order valence-corrected chi connectivity index (χ0v) is 14.5. The molecule has 1 amide bonds. The van der Waals surface area contributed by atoms with Crippen molar-refractivity contribution in [2.75, 3.05) is 31.1 Å². The first kappa shape index (κ1) is 18.0. The van der Waals surface area contributed by atoms with Gasteiger partial charge < -0.3 is 14.8 Å². The SMILES string of the molecule is Cc1ncc(C(=O)CCC(=O)N2CCN(c3cc(F)cc(F)c3)CC2)[nH]1. The molecule has 1 aromatic heterocycles. The lowest BCUT2D eigenvalue weighted by Crippen LogP contribution is -2.48. The normalized spacial score (nSPS) is 14.6. The second kappa shape index (κ2) is 7.63. The number of carbonyl (C=O) groups is 2. The van der Waals surface area contributed by atoms with Gasteiger partial charge in [-0.2, -0.15) is 0 Å². The number of aryl methyl sites for hydroxylation is 1. The van der Waals surface area contributed by atoms with Crippen LogP contribution in [-0.4, -0.2) is 52.7 Å². The number of ketones is 1. The van der Waals surface area contributed by atoms with E-state index in [-0.39, 0.29) is 24.5 Å². The number of carbonyl (C=O) groups excluding carboxylic acids is 2. The summed E-state index contributed by atoms with van der Waals surface area (Å²) in [5.74, 6) is -0.825. The molecule has 0 radical (unpaired) electrons.